The molecule has 0 bridgehead atoms. The Labute approximate surface area is 55.1 Å². The molecule has 7 heavy (non-hydrogen) atoms. The molecule has 0 aliphatic heterocycles. The van der Waals surface area contributed by atoms with Crippen LogP contribution in [-0.4, -0.2) is 11.1 Å². The molecule has 36 valence electrons. The van der Waals surface area contributed by atoms with Crippen LogP contribution in [0.1, 0.15) is 13.3 Å². The quantitative estimate of drug-likeness (QED) is 0.308. The van der Waals surface area contributed by atoms with E-state index in [0.717, 1.165) is 0 Å². The Bertz CT molecular complexity index is 53.7. The van der Waals surface area contributed by atoms with Crippen molar-refractivity contribution in [1.82, 2.24) is 0 Å². The van der Waals surface area contributed by atoms with Crippen molar-refractivity contribution in [3.05, 3.63) is 6.42 Å². The van der Waals surface area contributed by atoms with Gasteiger partial charge in [0, 0.05) is 0 Å². The van der Waals surface area contributed by atoms with Crippen molar-refractivity contribution < 1.29 is 28.8 Å². The van der Waals surface area contributed by atoms with Crippen molar-refractivity contribution >= 4 is 5.97 Å². The molecule has 0 spiro atoms. The molecule has 0 saturated heterocycles. The van der Waals surface area contributed by atoms with Crippen LogP contribution >= 0.6 is 0 Å². The van der Waals surface area contributed by atoms with Gasteiger partial charge in [-0.1, -0.05) is 6.92 Å². The van der Waals surface area contributed by atoms with Gasteiger partial charge in [0.2, 0.25) is 0 Å². The molecule has 0 aliphatic rings. The second-order valence-electron chi connectivity index (χ2n) is 0.951. The van der Waals surface area contributed by atoms with Gasteiger partial charge in [-0.15, -0.1) is 0 Å². The van der Waals surface area contributed by atoms with Gasteiger partial charge in [-0.25, -0.2) is 0 Å². The van der Waals surface area contributed by atoms with Crippen molar-refractivity contribution in [1.29, 1.82) is 0 Å². The van der Waals surface area contributed by atoms with Crippen molar-refractivity contribution in [2.24, 2.45) is 0 Å². The van der Waals surface area contributed by atoms with Gasteiger partial charge >= 0.3 is 18.9 Å². The van der Waals surface area contributed by atoms with E-state index in [1.165, 1.54) is 6.42 Å². The first kappa shape index (κ1) is 10.0. The van der Waals surface area contributed by atoms with Crippen LogP contribution in [0.25, 0.3) is 0 Å². The van der Waals surface area contributed by atoms with Gasteiger partial charge in [-0.05, 0) is 0 Å². The predicted octanol–water partition coefficient (Wildman–Crippen LogP) is -2.31. The molecule has 0 heterocycles. The minimum atomic E-state index is -0.836. The van der Waals surface area contributed by atoms with E-state index in [1.807, 2.05) is 0 Å². The van der Waals surface area contributed by atoms with Gasteiger partial charge in [0.15, 0.2) is 5.97 Å². The number of hydrogen-bond acceptors (Lipinski definition) is 1. The van der Waals surface area contributed by atoms with Crippen molar-refractivity contribution in [3.8, 4) is 0 Å². The summed E-state index contributed by atoms with van der Waals surface area (Å²) < 4.78 is 0. The first-order chi connectivity index (χ1) is 2.77. The van der Waals surface area contributed by atoms with Crippen LogP contribution in [-0.2, 0) is 4.79 Å². The van der Waals surface area contributed by atoms with E-state index >= 15 is 0 Å². The summed E-state index contributed by atoms with van der Waals surface area (Å²) in [5.74, 6) is -0.836. The van der Waals surface area contributed by atoms with Crippen LogP contribution in [0.15, 0.2) is 0 Å². The second-order valence-corrected chi connectivity index (χ2v) is 0.951. The predicted molar refractivity (Wildman–Crippen MR) is 22.2 cm³/mol. The number of carboxylic acids is 1. The summed E-state index contributed by atoms with van der Waals surface area (Å²) in [6.45, 7) is 1.79. The zero-order valence-electron chi connectivity index (χ0n) is 4.64. The minimum absolute atomic E-state index is 0. The summed E-state index contributed by atoms with van der Waals surface area (Å²) in [4.78, 5) is 9.54. The Morgan fingerprint density at radius 3 is 2.29 bits per heavy atom. The molecule has 0 unspecified atom stereocenters. The molecule has 0 saturated carbocycles. The van der Waals surface area contributed by atoms with Gasteiger partial charge in [0.05, 0.1) is 0 Å². The smallest absolute Gasteiger partial charge is 0.503 e. The summed E-state index contributed by atoms with van der Waals surface area (Å²) in [7, 11) is 0. The van der Waals surface area contributed by atoms with Crippen molar-refractivity contribution in [2.75, 3.05) is 0 Å². The Morgan fingerprint density at radius 2 is 2.29 bits per heavy atom. The Morgan fingerprint density at radius 1 is 1.86 bits per heavy atom. The molecule has 0 aromatic heterocycles. The van der Waals surface area contributed by atoms with E-state index in [2.05, 4.69) is 0 Å². The van der Waals surface area contributed by atoms with Gasteiger partial charge in [-0.3, -0.25) is 11.2 Å². The third-order valence-electron chi connectivity index (χ3n) is 0.379. The molecular formula is C4H7LiO2. The fourth-order valence-corrected chi connectivity index (χ4v) is 0.175. The summed E-state index contributed by atoms with van der Waals surface area (Å²) in [6.07, 6.45) is 1.81. The van der Waals surface area contributed by atoms with Crippen LogP contribution < -0.4 is 18.9 Å². The molecule has 0 aromatic rings. The van der Waals surface area contributed by atoms with Crippen LogP contribution in [0.4, 0.5) is 0 Å². The average molecular weight is 94.0 g/mol. The van der Waals surface area contributed by atoms with Gasteiger partial charge in [0.1, 0.15) is 0 Å². The molecule has 0 rings (SSSR count). The molecule has 0 atom stereocenters. The largest absolute Gasteiger partial charge is 1.00 e. The van der Waals surface area contributed by atoms with Crippen molar-refractivity contribution in [2.45, 2.75) is 13.3 Å². The van der Waals surface area contributed by atoms with E-state index in [-0.39, 0.29) is 18.9 Å². The third kappa shape index (κ3) is 10.7. The fourth-order valence-electron chi connectivity index (χ4n) is 0.175. The number of aliphatic carboxylic acids is 1. The number of carboxylic acid groups (broad SMARTS) is 1. The maximum atomic E-state index is 9.54. The van der Waals surface area contributed by atoms with E-state index < -0.39 is 5.97 Å². The van der Waals surface area contributed by atoms with Crippen LogP contribution in [0.3, 0.4) is 0 Å². The summed E-state index contributed by atoms with van der Waals surface area (Å²) >= 11 is 0. The van der Waals surface area contributed by atoms with E-state index in [0.29, 0.717) is 6.42 Å². The minimum Gasteiger partial charge on any atom is -0.503 e. The Hall–Kier alpha value is -0.0626. The first-order valence-electron chi connectivity index (χ1n) is 1.83. The molecule has 0 radical (unpaired) electrons. The van der Waals surface area contributed by atoms with Gasteiger partial charge in [0.25, 0.3) is 0 Å². The zero-order valence-corrected chi connectivity index (χ0v) is 4.64. The van der Waals surface area contributed by atoms with Gasteiger partial charge < -0.3 is 5.11 Å². The fraction of sp³-hybridized carbons (Fsp3) is 0.500. The maximum absolute atomic E-state index is 9.54. The number of carbonyl (C=O) groups is 1. The molecule has 2 nitrogen and oxygen atoms in total. The van der Waals surface area contributed by atoms with Crippen LogP contribution in [0, 0.1) is 6.42 Å². The molecule has 0 fully saturated rings. The average Bonchev–Trinajstić information content (AvgIpc) is 1.35. The van der Waals surface area contributed by atoms with Crippen molar-refractivity contribution in [3.63, 3.8) is 0 Å². The number of hydrogen-bond donors (Lipinski definition) is 1. The van der Waals surface area contributed by atoms with E-state index in [1.54, 1.807) is 6.92 Å². The molecular weight excluding hydrogens is 87.0 g/mol. The topological polar surface area (TPSA) is 37.3 Å². The van der Waals surface area contributed by atoms with Crippen LogP contribution in [0.2, 0.25) is 0 Å². The van der Waals surface area contributed by atoms with Gasteiger partial charge in [-0.2, -0.15) is 6.42 Å². The summed E-state index contributed by atoms with van der Waals surface area (Å²) in [5, 5.41) is 7.86. The summed E-state index contributed by atoms with van der Waals surface area (Å²) in [5.41, 5.74) is 0. The normalized spacial score (nSPS) is 6.43. The van der Waals surface area contributed by atoms with E-state index in [4.69, 9.17) is 5.11 Å². The van der Waals surface area contributed by atoms with E-state index in [9.17, 15) is 4.79 Å². The summed E-state index contributed by atoms with van der Waals surface area (Å²) in [6, 6.07) is 0. The zero-order chi connectivity index (χ0) is 4.99. The standard InChI is InChI=1S/C4H7O2.Li/c1-2-3-4(5)6;/h3H,2H2,1H3,(H,5,6);/q-1;+1. The molecule has 0 aliphatic carbocycles. The molecule has 0 amide bonds. The van der Waals surface area contributed by atoms with Crippen LogP contribution in [0.5, 0.6) is 0 Å². The first-order valence-corrected chi connectivity index (χ1v) is 1.83. The maximum Gasteiger partial charge on any atom is 1.00 e. The number of rotatable bonds is 2. The third-order valence-corrected chi connectivity index (χ3v) is 0.379. The molecule has 1 N–H and O–H groups in total. The monoisotopic (exact) mass is 94.1 g/mol. The Kier molecular flexibility index (Phi) is 8.51. The molecule has 3 heteroatoms. The Balaban J connectivity index is 0. The second kappa shape index (κ2) is 5.94. The SMILES string of the molecule is CC[CH-]C(=O)O.[Li+]. The molecule has 0 aromatic carbocycles.